The van der Waals surface area contributed by atoms with E-state index in [0.717, 1.165) is 0 Å². The Kier molecular flexibility index (Phi) is 4.89. The summed E-state index contributed by atoms with van der Waals surface area (Å²) in [4.78, 5) is 0. The molecular formula is C15H24O9. The molecule has 1 aliphatic carbocycles. The molecule has 2 heterocycles. The lowest BCUT2D eigenvalue weighted by molar-refractivity contribution is -0.346. The summed E-state index contributed by atoms with van der Waals surface area (Å²) in [7, 11) is 0. The molecule has 2 aliphatic heterocycles. The summed E-state index contributed by atoms with van der Waals surface area (Å²) in [5.74, 6) is -0.992. The van der Waals surface area contributed by atoms with Crippen LogP contribution >= 0.6 is 0 Å². The van der Waals surface area contributed by atoms with E-state index in [0.29, 0.717) is 0 Å². The second kappa shape index (κ2) is 6.50. The van der Waals surface area contributed by atoms with E-state index in [-0.39, 0.29) is 12.3 Å². The maximum absolute atomic E-state index is 10.5. The number of aliphatic hydroxyl groups is 6. The normalized spacial score (nSPS) is 54.4. The van der Waals surface area contributed by atoms with Crippen LogP contribution in [-0.2, 0) is 14.2 Å². The van der Waals surface area contributed by atoms with Gasteiger partial charge in [0.25, 0.3) is 0 Å². The molecule has 24 heavy (non-hydrogen) atoms. The van der Waals surface area contributed by atoms with Crippen molar-refractivity contribution in [2.24, 2.45) is 11.8 Å². The van der Waals surface area contributed by atoms with Crippen LogP contribution in [0.3, 0.4) is 0 Å². The third kappa shape index (κ3) is 2.95. The Labute approximate surface area is 138 Å². The first-order valence-corrected chi connectivity index (χ1v) is 7.95. The van der Waals surface area contributed by atoms with Gasteiger partial charge in [-0.3, -0.25) is 0 Å². The quantitative estimate of drug-likeness (QED) is 0.323. The number of hydrogen-bond acceptors (Lipinski definition) is 9. The minimum atomic E-state index is -1.56. The monoisotopic (exact) mass is 348 g/mol. The Morgan fingerprint density at radius 2 is 1.83 bits per heavy atom. The highest BCUT2D eigenvalue weighted by Crippen LogP contribution is 2.46. The molecule has 138 valence electrons. The van der Waals surface area contributed by atoms with Crippen molar-refractivity contribution in [3.8, 4) is 0 Å². The maximum Gasteiger partial charge on any atom is 0.207 e. The average Bonchev–Trinajstić information content (AvgIpc) is 2.78. The van der Waals surface area contributed by atoms with Gasteiger partial charge in [0, 0.05) is 12.3 Å². The second-order valence-electron chi connectivity index (χ2n) is 6.90. The van der Waals surface area contributed by atoms with Crippen molar-refractivity contribution in [3.63, 3.8) is 0 Å². The second-order valence-corrected chi connectivity index (χ2v) is 6.90. The summed E-state index contributed by atoms with van der Waals surface area (Å²) in [6.45, 7) is 0.992. The van der Waals surface area contributed by atoms with E-state index in [9.17, 15) is 30.6 Å². The van der Waals surface area contributed by atoms with Crippen molar-refractivity contribution < 1.29 is 44.8 Å². The zero-order chi connectivity index (χ0) is 17.6. The van der Waals surface area contributed by atoms with E-state index < -0.39 is 61.2 Å². The number of rotatable bonds is 3. The minimum Gasteiger partial charge on any atom is -0.472 e. The molecule has 3 rings (SSSR count). The molecule has 10 atom stereocenters. The van der Waals surface area contributed by atoms with Crippen LogP contribution in [0.15, 0.2) is 12.3 Å². The van der Waals surface area contributed by atoms with Crippen LogP contribution in [-0.4, -0.2) is 85.9 Å². The molecule has 1 saturated heterocycles. The van der Waals surface area contributed by atoms with E-state index >= 15 is 0 Å². The van der Waals surface area contributed by atoms with Crippen LogP contribution in [0.25, 0.3) is 0 Å². The van der Waals surface area contributed by atoms with Crippen LogP contribution in [0.5, 0.6) is 0 Å². The fourth-order valence-corrected chi connectivity index (χ4v) is 3.80. The molecule has 3 aliphatic rings. The predicted octanol–water partition coefficient (Wildman–Crippen LogP) is -2.58. The highest BCUT2D eigenvalue weighted by molar-refractivity contribution is 5.10. The summed E-state index contributed by atoms with van der Waals surface area (Å²) in [5, 5.41) is 59.5. The lowest BCUT2D eigenvalue weighted by atomic mass is 9.85. The number of fused-ring (bicyclic) bond motifs is 1. The third-order valence-electron chi connectivity index (χ3n) is 5.12. The SMILES string of the molecule is C[C@]1(O)C[C@@H](O)[C@@H]2C=CO[C@@H](O[C@@H]3O[C@H](CO)[C@@H](O)[C@H](O)[C@H]3O)C21. The molecule has 0 amide bonds. The molecule has 1 unspecified atom stereocenters. The van der Waals surface area contributed by atoms with Gasteiger partial charge >= 0.3 is 0 Å². The number of ether oxygens (including phenoxy) is 3. The number of aliphatic hydroxyl groups excluding tert-OH is 5. The predicted molar refractivity (Wildman–Crippen MR) is 77.1 cm³/mol. The van der Waals surface area contributed by atoms with Crippen LogP contribution in [0.2, 0.25) is 0 Å². The lowest BCUT2D eigenvalue weighted by Gasteiger charge is -2.43. The molecule has 0 spiro atoms. The highest BCUT2D eigenvalue weighted by Gasteiger charge is 2.56. The van der Waals surface area contributed by atoms with Crippen molar-refractivity contribution >= 4 is 0 Å². The molecule has 0 aromatic carbocycles. The fraction of sp³-hybridized carbons (Fsp3) is 0.867. The first kappa shape index (κ1) is 18.0. The summed E-state index contributed by atoms with van der Waals surface area (Å²) >= 11 is 0. The van der Waals surface area contributed by atoms with E-state index in [1.165, 1.54) is 6.26 Å². The lowest BCUT2D eigenvalue weighted by Crippen LogP contribution is -2.60. The van der Waals surface area contributed by atoms with Crippen molar-refractivity contribution in [1.82, 2.24) is 0 Å². The zero-order valence-corrected chi connectivity index (χ0v) is 13.2. The topological polar surface area (TPSA) is 149 Å². The van der Waals surface area contributed by atoms with Gasteiger partial charge in [-0.2, -0.15) is 0 Å². The zero-order valence-electron chi connectivity index (χ0n) is 13.2. The largest absolute Gasteiger partial charge is 0.472 e. The summed E-state index contributed by atoms with van der Waals surface area (Å²) in [6, 6.07) is 0. The summed E-state index contributed by atoms with van der Waals surface area (Å²) in [6.07, 6.45) is -5.74. The van der Waals surface area contributed by atoms with E-state index in [4.69, 9.17) is 14.2 Å². The summed E-state index contributed by atoms with van der Waals surface area (Å²) in [5.41, 5.74) is -1.26. The van der Waals surface area contributed by atoms with E-state index in [1.54, 1.807) is 13.0 Å². The fourth-order valence-electron chi connectivity index (χ4n) is 3.80. The van der Waals surface area contributed by atoms with E-state index in [2.05, 4.69) is 0 Å². The molecule has 0 aromatic rings. The van der Waals surface area contributed by atoms with Crippen molar-refractivity contribution in [3.05, 3.63) is 12.3 Å². The number of hydrogen-bond donors (Lipinski definition) is 6. The molecule has 9 nitrogen and oxygen atoms in total. The molecule has 0 aromatic heterocycles. The Morgan fingerprint density at radius 1 is 1.12 bits per heavy atom. The van der Waals surface area contributed by atoms with Gasteiger partial charge in [0.15, 0.2) is 6.29 Å². The maximum atomic E-state index is 10.5. The van der Waals surface area contributed by atoms with Gasteiger partial charge in [-0.25, -0.2) is 0 Å². The third-order valence-corrected chi connectivity index (χ3v) is 5.12. The van der Waals surface area contributed by atoms with Crippen LogP contribution in [0.1, 0.15) is 13.3 Å². The molecule has 0 bridgehead atoms. The highest BCUT2D eigenvalue weighted by atomic mass is 16.8. The van der Waals surface area contributed by atoms with Gasteiger partial charge < -0.3 is 44.8 Å². The van der Waals surface area contributed by atoms with Gasteiger partial charge in [-0.05, 0) is 13.0 Å². The Bertz CT molecular complexity index is 480. The van der Waals surface area contributed by atoms with Gasteiger partial charge in [0.1, 0.15) is 24.4 Å². The van der Waals surface area contributed by atoms with Crippen LogP contribution < -0.4 is 0 Å². The first-order chi connectivity index (χ1) is 11.3. The van der Waals surface area contributed by atoms with Crippen molar-refractivity contribution in [2.45, 2.75) is 62.0 Å². The minimum absolute atomic E-state index is 0.143. The van der Waals surface area contributed by atoms with Gasteiger partial charge in [-0.1, -0.05) is 0 Å². The molecule has 0 radical (unpaired) electrons. The van der Waals surface area contributed by atoms with Gasteiger partial charge in [0.2, 0.25) is 6.29 Å². The first-order valence-electron chi connectivity index (χ1n) is 7.95. The average molecular weight is 348 g/mol. The smallest absolute Gasteiger partial charge is 0.207 e. The van der Waals surface area contributed by atoms with Crippen LogP contribution in [0.4, 0.5) is 0 Å². The Morgan fingerprint density at radius 3 is 2.50 bits per heavy atom. The van der Waals surface area contributed by atoms with Gasteiger partial charge in [0.05, 0.1) is 30.5 Å². The Balaban J connectivity index is 1.76. The molecule has 2 fully saturated rings. The van der Waals surface area contributed by atoms with E-state index in [1.807, 2.05) is 0 Å². The summed E-state index contributed by atoms with van der Waals surface area (Å²) < 4.78 is 16.3. The standard InChI is InChI=1S/C15H24O9/c1-15(21)4-7(17)6-2-3-22-13(9(6)15)24-14-12(20)11(19)10(18)8(5-16)23-14/h2-3,6-14,16-21H,4-5H2,1H3/t6-,7+,8+,9?,10+,11-,12+,13-,14-,15-/m0/s1. The molecular weight excluding hydrogens is 324 g/mol. The Hall–Kier alpha value is -0.780. The van der Waals surface area contributed by atoms with Crippen molar-refractivity contribution in [2.75, 3.05) is 6.61 Å². The van der Waals surface area contributed by atoms with Crippen LogP contribution in [0, 0.1) is 11.8 Å². The van der Waals surface area contributed by atoms with Gasteiger partial charge in [-0.15, -0.1) is 0 Å². The van der Waals surface area contributed by atoms with Crippen molar-refractivity contribution in [1.29, 1.82) is 0 Å². The molecule has 1 saturated carbocycles. The molecule has 6 N–H and O–H groups in total. The molecule has 9 heteroatoms.